The SMILES string of the molecule is CC(C)(C)C(=O)Nc1cncc(-c2ncc3[nH]nc(-c4nc5nccc(-c6cc(F)cc(CCS(C)(=O)=O)c6)c5[nH]4)c3c2F)c1. The number of amides is 1. The standard InChI is InChI=1S/C31H28F2N8O3S/c1-31(2,3)30(42)37-20-12-18(13-34-14-20)25-24(33)23-22(15-36-25)40-41-27(23)29-38-26-21(5-7-35-28(26)39-29)17-9-16(10-19(32)11-17)6-8-45(4,43)44/h5,7,9-15H,6,8H2,1-4H3,(H,37,42)(H,40,41)(H,35,38,39). The van der Waals surface area contributed by atoms with E-state index < -0.39 is 26.9 Å². The van der Waals surface area contributed by atoms with Crippen LogP contribution in [0.1, 0.15) is 26.3 Å². The van der Waals surface area contributed by atoms with Gasteiger partial charge in [-0.3, -0.25) is 19.9 Å². The molecule has 5 heterocycles. The zero-order valence-corrected chi connectivity index (χ0v) is 25.6. The molecular formula is C31H28F2N8O3S. The molecule has 0 unspecified atom stereocenters. The summed E-state index contributed by atoms with van der Waals surface area (Å²) in [5, 5.41) is 10.0. The van der Waals surface area contributed by atoms with Crippen LogP contribution in [0.25, 0.3) is 56.0 Å². The molecule has 0 saturated carbocycles. The first kappa shape index (κ1) is 29.9. The van der Waals surface area contributed by atoms with Gasteiger partial charge in [0.1, 0.15) is 27.0 Å². The Morgan fingerprint density at radius 2 is 1.80 bits per heavy atom. The fourth-order valence-corrected chi connectivity index (χ4v) is 5.43. The Hall–Kier alpha value is -5.11. The molecule has 0 radical (unpaired) electrons. The molecule has 0 aliphatic carbocycles. The number of hydrogen-bond acceptors (Lipinski definition) is 8. The number of carbonyl (C=O) groups excluding carboxylic acids is 1. The zero-order valence-electron chi connectivity index (χ0n) is 24.7. The number of hydrogen-bond donors (Lipinski definition) is 3. The summed E-state index contributed by atoms with van der Waals surface area (Å²) in [6.07, 6.45) is 7.18. The molecule has 0 aliphatic rings. The Morgan fingerprint density at radius 3 is 2.56 bits per heavy atom. The Balaban J connectivity index is 1.40. The molecule has 0 spiro atoms. The zero-order chi connectivity index (χ0) is 32.1. The van der Waals surface area contributed by atoms with Crippen LogP contribution in [0.2, 0.25) is 0 Å². The number of aromatic amines is 2. The highest BCUT2D eigenvalue weighted by molar-refractivity contribution is 7.90. The van der Waals surface area contributed by atoms with Gasteiger partial charge in [-0.1, -0.05) is 26.8 Å². The highest BCUT2D eigenvalue weighted by Gasteiger charge is 2.24. The number of anilines is 1. The monoisotopic (exact) mass is 630 g/mol. The van der Waals surface area contributed by atoms with Gasteiger partial charge >= 0.3 is 0 Å². The molecule has 6 rings (SSSR count). The minimum atomic E-state index is -3.24. The first-order chi connectivity index (χ1) is 21.3. The third kappa shape index (κ3) is 6.13. The van der Waals surface area contributed by atoms with E-state index in [4.69, 9.17) is 0 Å². The maximum atomic E-state index is 16.2. The van der Waals surface area contributed by atoms with Crippen molar-refractivity contribution in [3.05, 3.63) is 72.3 Å². The van der Waals surface area contributed by atoms with E-state index in [2.05, 4.69) is 40.4 Å². The molecule has 0 fully saturated rings. The summed E-state index contributed by atoms with van der Waals surface area (Å²) in [6, 6.07) is 7.64. The van der Waals surface area contributed by atoms with E-state index in [1.54, 1.807) is 39.0 Å². The van der Waals surface area contributed by atoms with Gasteiger partial charge in [0.15, 0.2) is 17.3 Å². The number of nitrogens with one attached hydrogen (secondary N) is 3. The normalized spacial score (nSPS) is 12.2. The van der Waals surface area contributed by atoms with Crippen LogP contribution >= 0.6 is 0 Å². The van der Waals surface area contributed by atoms with Gasteiger partial charge in [0.2, 0.25) is 5.91 Å². The molecule has 0 bridgehead atoms. The Bertz CT molecular complexity index is 2220. The predicted molar refractivity (Wildman–Crippen MR) is 167 cm³/mol. The van der Waals surface area contributed by atoms with Crippen LogP contribution in [0.5, 0.6) is 0 Å². The maximum absolute atomic E-state index is 16.2. The van der Waals surface area contributed by atoms with Crippen LogP contribution in [-0.4, -0.2) is 61.5 Å². The van der Waals surface area contributed by atoms with E-state index in [-0.39, 0.29) is 40.7 Å². The van der Waals surface area contributed by atoms with Gasteiger partial charge < -0.3 is 10.3 Å². The molecule has 1 amide bonds. The molecule has 6 aromatic rings. The van der Waals surface area contributed by atoms with Crippen LogP contribution < -0.4 is 5.32 Å². The summed E-state index contributed by atoms with van der Waals surface area (Å²) in [4.78, 5) is 33.0. The number of nitrogens with zero attached hydrogens (tertiary/aromatic N) is 5. The van der Waals surface area contributed by atoms with Crippen molar-refractivity contribution in [2.24, 2.45) is 5.41 Å². The van der Waals surface area contributed by atoms with E-state index in [9.17, 15) is 17.6 Å². The second-order valence-electron chi connectivity index (χ2n) is 11.8. The van der Waals surface area contributed by atoms with Crippen molar-refractivity contribution in [2.75, 3.05) is 17.3 Å². The maximum Gasteiger partial charge on any atom is 0.229 e. The van der Waals surface area contributed by atoms with Crippen molar-refractivity contribution in [3.63, 3.8) is 0 Å². The molecule has 5 aromatic heterocycles. The van der Waals surface area contributed by atoms with Gasteiger partial charge in [-0.2, -0.15) is 5.10 Å². The number of rotatable bonds is 7. The average Bonchev–Trinajstić information content (AvgIpc) is 3.60. The van der Waals surface area contributed by atoms with E-state index in [0.29, 0.717) is 44.6 Å². The molecule has 0 atom stereocenters. The van der Waals surface area contributed by atoms with Crippen molar-refractivity contribution >= 4 is 43.5 Å². The van der Waals surface area contributed by atoms with Crippen LogP contribution in [-0.2, 0) is 21.1 Å². The lowest BCUT2D eigenvalue weighted by atomic mass is 9.95. The van der Waals surface area contributed by atoms with Crippen molar-refractivity contribution in [1.29, 1.82) is 0 Å². The van der Waals surface area contributed by atoms with Crippen LogP contribution in [0.4, 0.5) is 14.5 Å². The number of halogens is 2. The van der Waals surface area contributed by atoms with Gasteiger partial charge in [-0.15, -0.1) is 0 Å². The molecule has 45 heavy (non-hydrogen) atoms. The third-order valence-corrected chi connectivity index (χ3v) is 8.09. The molecule has 11 nitrogen and oxygen atoms in total. The van der Waals surface area contributed by atoms with Gasteiger partial charge in [-0.25, -0.2) is 27.2 Å². The number of fused-ring (bicyclic) bond motifs is 2. The summed E-state index contributed by atoms with van der Waals surface area (Å²) < 4.78 is 54.1. The number of aromatic nitrogens is 7. The summed E-state index contributed by atoms with van der Waals surface area (Å²) in [7, 11) is -3.24. The van der Waals surface area contributed by atoms with Gasteiger partial charge in [0, 0.05) is 35.2 Å². The lowest BCUT2D eigenvalue weighted by Crippen LogP contribution is -2.27. The van der Waals surface area contributed by atoms with Crippen molar-refractivity contribution < 1.29 is 22.0 Å². The Morgan fingerprint density at radius 1 is 1.00 bits per heavy atom. The van der Waals surface area contributed by atoms with Gasteiger partial charge in [0.25, 0.3) is 0 Å². The number of pyridine rings is 3. The van der Waals surface area contributed by atoms with E-state index in [1.165, 1.54) is 36.9 Å². The highest BCUT2D eigenvalue weighted by Crippen LogP contribution is 2.35. The molecule has 230 valence electrons. The second kappa shape index (κ2) is 11.1. The predicted octanol–water partition coefficient (Wildman–Crippen LogP) is 5.48. The third-order valence-electron chi connectivity index (χ3n) is 7.14. The smallest absolute Gasteiger partial charge is 0.229 e. The molecule has 0 aliphatic heterocycles. The lowest BCUT2D eigenvalue weighted by molar-refractivity contribution is -0.123. The largest absolute Gasteiger partial charge is 0.335 e. The molecular weight excluding hydrogens is 602 g/mol. The topological polar surface area (TPSA) is 159 Å². The quantitative estimate of drug-likeness (QED) is 0.209. The summed E-state index contributed by atoms with van der Waals surface area (Å²) >= 11 is 0. The minimum Gasteiger partial charge on any atom is -0.335 e. The Kier molecular flexibility index (Phi) is 7.39. The van der Waals surface area contributed by atoms with Crippen LogP contribution in [0.3, 0.4) is 0 Å². The fraction of sp³-hybridized carbons (Fsp3) is 0.226. The summed E-state index contributed by atoms with van der Waals surface area (Å²) in [5.41, 5.74) is 2.95. The number of sulfone groups is 1. The second-order valence-corrected chi connectivity index (χ2v) is 14.1. The van der Waals surface area contributed by atoms with E-state index in [1.807, 2.05) is 0 Å². The first-order valence-electron chi connectivity index (χ1n) is 13.9. The van der Waals surface area contributed by atoms with Gasteiger partial charge in [-0.05, 0) is 41.8 Å². The van der Waals surface area contributed by atoms with E-state index in [0.717, 1.165) is 6.26 Å². The van der Waals surface area contributed by atoms with Crippen LogP contribution in [0, 0.1) is 17.0 Å². The highest BCUT2D eigenvalue weighted by atomic mass is 32.2. The number of benzene rings is 1. The first-order valence-corrected chi connectivity index (χ1v) is 15.9. The lowest BCUT2D eigenvalue weighted by Gasteiger charge is -2.17. The number of carbonyl (C=O) groups is 1. The number of H-pyrrole nitrogens is 2. The minimum absolute atomic E-state index is 0.000756. The Labute approximate surface area is 256 Å². The average molecular weight is 631 g/mol. The molecule has 14 heteroatoms. The van der Waals surface area contributed by atoms with Crippen molar-refractivity contribution in [1.82, 2.24) is 35.1 Å². The van der Waals surface area contributed by atoms with Crippen molar-refractivity contribution in [2.45, 2.75) is 27.2 Å². The summed E-state index contributed by atoms with van der Waals surface area (Å²) in [5.74, 6) is -1.31. The molecule has 3 N–H and O–H groups in total. The van der Waals surface area contributed by atoms with Crippen molar-refractivity contribution in [3.8, 4) is 33.9 Å². The van der Waals surface area contributed by atoms with Crippen LogP contribution in [0.15, 0.2) is 55.1 Å². The van der Waals surface area contributed by atoms with E-state index >= 15 is 4.39 Å². The number of imidazole rings is 1. The summed E-state index contributed by atoms with van der Waals surface area (Å²) in [6.45, 7) is 5.34. The number of aryl methyl sites for hydroxylation is 1. The fourth-order valence-electron chi connectivity index (χ4n) is 4.82. The molecule has 1 aromatic carbocycles. The van der Waals surface area contributed by atoms with Gasteiger partial charge in [0.05, 0.1) is 40.3 Å². The molecule has 0 saturated heterocycles.